The van der Waals surface area contributed by atoms with Gasteiger partial charge in [-0.2, -0.15) is 5.10 Å². The Hall–Kier alpha value is -3.61. The predicted octanol–water partition coefficient (Wildman–Crippen LogP) is 2.80. The summed E-state index contributed by atoms with van der Waals surface area (Å²) in [6.07, 6.45) is 1.35. The van der Waals surface area contributed by atoms with E-state index in [1.165, 1.54) is 18.0 Å². The van der Waals surface area contributed by atoms with E-state index in [0.717, 1.165) is 11.3 Å². The number of anilines is 2. The van der Waals surface area contributed by atoms with Crippen LogP contribution in [0.4, 0.5) is 11.5 Å². The van der Waals surface area contributed by atoms with Gasteiger partial charge in [-0.15, -0.1) is 0 Å². The van der Waals surface area contributed by atoms with Crippen molar-refractivity contribution >= 4 is 23.4 Å². The molecular formula is C19H18N4O3. The Morgan fingerprint density at radius 1 is 1.08 bits per heavy atom. The van der Waals surface area contributed by atoms with Crippen molar-refractivity contribution in [2.45, 2.75) is 6.92 Å². The van der Waals surface area contributed by atoms with Crippen molar-refractivity contribution in [2.24, 2.45) is 0 Å². The second-order valence-corrected chi connectivity index (χ2v) is 5.71. The number of benzene rings is 2. The van der Waals surface area contributed by atoms with Crippen molar-refractivity contribution in [1.29, 1.82) is 0 Å². The molecule has 2 aromatic carbocycles. The van der Waals surface area contributed by atoms with Gasteiger partial charge < -0.3 is 15.8 Å². The average Bonchev–Trinajstić information content (AvgIpc) is 3.04. The quantitative estimate of drug-likeness (QED) is 0.705. The molecule has 0 unspecified atom stereocenters. The van der Waals surface area contributed by atoms with E-state index in [-0.39, 0.29) is 17.3 Å². The number of carbonyl (C=O) groups is 2. The van der Waals surface area contributed by atoms with E-state index in [2.05, 4.69) is 15.2 Å². The number of hydrogen-bond acceptors (Lipinski definition) is 5. The number of rotatable bonds is 4. The maximum absolute atomic E-state index is 12.3. The molecule has 3 N–H and O–H groups in total. The molecule has 0 aliphatic rings. The first-order valence-electron chi connectivity index (χ1n) is 7.90. The van der Waals surface area contributed by atoms with Gasteiger partial charge in [-0.05, 0) is 43.3 Å². The maximum Gasteiger partial charge on any atom is 0.343 e. The third-order valence-electron chi connectivity index (χ3n) is 3.90. The van der Waals surface area contributed by atoms with Gasteiger partial charge in [-0.25, -0.2) is 9.48 Å². The van der Waals surface area contributed by atoms with Gasteiger partial charge in [-0.1, -0.05) is 17.7 Å². The molecule has 26 heavy (non-hydrogen) atoms. The number of nitrogen functional groups attached to an aromatic ring is 1. The van der Waals surface area contributed by atoms with E-state index < -0.39 is 5.97 Å². The number of nitrogens with zero attached hydrogens (tertiary/aromatic N) is 2. The number of amides is 1. The van der Waals surface area contributed by atoms with Crippen LogP contribution in [0, 0.1) is 6.92 Å². The van der Waals surface area contributed by atoms with Gasteiger partial charge in [0.05, 0.1) is 19.0 Å². The fourth-order valence-electron chi connectivity index (χ4n) is 2.43. The largest absolute Gasteiger partial charge is 0.465 e. The highest BCUT2D eigenvalue weighted by atomic mass is 16.5. The molecule has 132 valence electrons. The van der Waals surface area contributed by atoms with Gasteiger partial charge in [0.1, 0.15) is 11.4 Å². The third kappa shape index (κ3) is 3.41. The topological polar surface area (TPSA) is 99.2 Å². The number of methoxy groups -OCH3 is 1. The van der Waals surface area contributed by atoms with Gasteiger partial charge in [0.2, 0.25) is 0 Å². The predicted molar refractivity (Wildman–Crippen MR) is 98.4 cm³/mol. The minimum Gasteiger partial charge on any atom is -0.465 e. The molecule has 1 heterocycles. The molecule has 7 heteroatoms. The molecule has 7 nitrogen and oxygen atoms in total. The summed E-state index contributed by atoms with van der Waals surface area (Å²) in [5.74, 6) is -0.597. The van der Waals surface area contributed by atoms with E-state index >= 15 is 0 Å². The van der Waals surface area contributed by atoms with E-state index in [4.69, 9.17) is 5.73 Å². The molecule has 0 aliphatic carbocycles. The molecule has 0 atom stereocenters. The van der Waals surface area contributed by atoms with Crippen LogP contribution in [0.2, 0.25) is 0 Å². The minimum absolute atomic E-state index is 0.175. The molecule has 0 saturated heterocycles. The van der Waals surface area contributed by atoms with Crippen LogP contribution < -0.4 is 11.1 Å². The van der Waals surface area contributed by atoms with Crippen molar-refractivity contribution in [3.05, 3.63) is 71.4 Å². The number of ether oxygens (including phenoxy) is 1. The van der Waals surface area contributed by atoms with E-state index in [1.54, 1.807) is 24.3 Å². The number of aryl methyl sites for hydroxylation is 1. The lowest BCUT2D eigenvalue weighted by Crippen LogP contribution is -2.12. The van der Waals surface area contributed by atoms with Crippen LogP contribution in [0.3, 0.4) is 0 Å². The lowest BCUT2D eigenvalue weighted by molar-refractivity contribution is 0.0602. The van der Waals surface area contributed by atoms with E-state index in [9.17, 15) is 9.59 Å². The number of hydrogen-bond donors (Lipinski definition) is 2. The van der Waals surface area contributed by atoms with Crippen LogP contribution in [0.25, 0.3) is 5.69 Å². The highest BCUT2D eigenvalue weighted by molar-refractivity contribution is 6.04. The summed E-state index contributed by atoms with van der Waals surface area (Å²) >= 11 is 0. The van der Waals surface area contributed by atoms with Crippen LogP contribution in [0.15, 0.2) is 54.7 Å². The molecule has 1 aromatic heterocycles. The normalized spacial score (nSPS) is 10.4. The Morgan fingerprint density at radius 3 is 2.35 bits per heavy atom. The first kappa shape index (κ1) is 17.2. The zero-order valence-corrected chi connectivity index (χ0v) is 14.4. The Kier molecular flexibility index (Phi) is 4.70. The Balaban J connectivity index is 1.78. The summed E-state index contributed by atoms with van der Waals surface area (Å²) in [6.45, 7) is 1.98. The standard InChI is InChI=1S/C19H18N4O3/c1-12-3-7-14(8-4-12)22-18(24)13-5-9-15(10-6-13)23-17(20)16(11-21-23)19(25)26-2/h3-11H,20H2,1-2H3,(H,22,24). The number of nitrogens with one attached hydrogen (secondary N) is 1. The molecule has 0 radical (unpaired) electrons. The highest BCUT2D eigenvalue weighted by Crippen LogP contribution is 2.19. The van der Waals surface area contributed by atoms with E-state index in [0.29, 0.717) is 11.3 Å². The van der Waals surface area contributed by atoms with Crippen LogP contribution in [0.1, 0.15) is 26.3 Å². The first-order valence-corrected chi connectivity index (χ1v) is 7.90. The molecule has 3 rings (SSSR count). The molecule has 0 spiro atoms. The lowest BCUT2D eigenvalue weighted by atomic mass is 10.1. The Labute approximate surface area is 150 Å². The molecular weight excluding hydrogens is 332 g/mol. The third-order valence-corrected chi connectivity index (χ3v) is 3.90. The van der Waals surface area contributed by atoms with Gasteiger partial charge in [0.25, 0.3) is 5.91 Å². The summed E-state index contributed by atoms with van der Waals surface area (Å²) in [6, 6.07) is 14.3. The maximum atomic E-state index is 12.3. The molecule has 0 fully saturated rings. The van der Waals surface area contributed by atoms with Crippen molar-refractivity contribution in [3.8, 4) is 5.69 Å². The summed E-state index contributed by atoms with van der Waals surface area (Å²) in [7, 11) is 1.28. The number of esters is 1. The lowest BCUT2D eigenvalue weighted by Gasteiger charge is -2.08. The summed E-state index contributed by atoms with van der Waals surface area (Å²) in [5.41, 5.74) is 9.10. The molecule has 1 amide bonds. The molecule has 0 saturated carbocycles. The molecule has 0 bridgehead atoms. The van der Waals surface area contributed by atoms with Gasteiger partial charge in [-0.3, -0.25) is 4.79 Å². The Morgan fingerprint density at radius 2 is 1.73 bits per heavy atom. The highest BCUT2D eigenvalue weighted by Gasteiger charge is 2.16. The van der Waals surface area contributed by atoms with Gasteiger partial charge in [0, 0.05) is 11.3 Å². The van der Waals surface area contributed by atoms with E-state index in [1.807, 2.05) is 31.2 Å². The van der Waals surface area contributed by atoms with Crippen LogP contribution in [-0.2, 0) is 4.74 Å². The monoisotopic (exact) mass is 350 g/mol. The van der Waals surface area contributed by atoms with Gasteiger partial charge >= 0.3 is 5.97 Å². The zero-order chi connectivity index (χ0) is 18.7. The average molecular weight is 350 g/mol. The van der Waals surface area contributed by atoms with Crippen molar-refractivity contribution in [3.63, 3.8) is 0 Å². The smallest absolute Gasteiger partial charge is 0.343 e. The molecule has 3 aromatic rings. The zero-order valence-electron chi connectivity index (χ0n) is 14.4. The second-order valence-electron chi connectivity index (χ2n) is 5.71. The number of carbonyl (C=O) groups excluding carboxylic acids is 2. The second kappa shape index (κ2) is 7.10. The fourth-order valence-corrected chi connectivity index (χ4v) is 2.43. The van der Waals surface area contributed by atoms with Gasteiger partial charge in [0.15, 0.2) is 0 Å². The van der Waals surface area contributed by atoms with Crippen molar-refractivity contribution in [2.75, 3.05) is 18.2 Å². The first-order chi connectivity index (χ1) is 12.5. The van der Waals surface area contributed by atoms with Crippen LogP contribution in [0.5, 0.6) is 0 Å². The molecule has 0 aliphatic heterocycles. The van der Waals surface area contributed by atoms with Crippen LogP contribution >= 0.6 is 0 Å². The van der Waals surface area contributed by atoms with Crippen molar-refractivity contribution < 1.29 is 14.3 Å². The minimum atomic E-state index is -0.553. The number of aromatic nitrogens is 2. The fraction of sp³-hybridized carbons (Fsp3) is 0.105. The number of nitrogens with two attached hydrogens (primary N) is 1. The Bertz CT molecular complexity index is 944. The summed E-state index contributed by atoms with van der Waals surface area (Å²) < 4.78 is 6.07. The summed E-state index contributed by atoms with van der Waals surface area (Å²) in [4.78, 5) is 23.9. The SMILES string of the molecule is COC(=O)c1cnn(-c2ccc(C(=O)Nc3ccc(C)cc3)cc2)c1N. The van der Waals surface area contributed by atoms with Crippen LogP contribution in [-0.4, -0.2) is 28.8 Å². The summed E-state index contributed by atoms with van der Waals surface area (Å²) in [5, 5.41) is 6.93. The van der Waals surface area contributed by atoms with Crippen molar-refractivity contribution in [1.82, 2.24) is 9.78 Å².